The van der Waals surface area contributed by atoms with E-state index in [1.54, 1.807) is 16.8 Å². The Morgan fingerprint density at radius 2 is 1.83 bits per heavy atom. The van der Waals surface area contributed by atoms with Crippen LogP contribution < -0.4 is 10.2 Å². The van der Waals surface area contributed by atoms with Crippen molar-refractivity contribution in [2.75, 3.05) is 6.61 Å². The van der Waals surface area contributed by atoms with Crippen LogP contribution in [0.25, 0.3) is 5.69 Å². The second kappa shape index (κ2) is 9.11. The van der Waals surface area contributed by atoms with E-state index in [4.69, 9.17) is 27.9 Å². The molecule has 0 bridgehead atoms. The van der Waals surface area contributed by atoms with Gasteiger partial charge in [0.1, 0.15) is 10.9 Å². The number of halogens is 2. The van der Waals surface area contributed by atoms with Gasteiger partial charge in [0, 0.05) is 5.02 Å². The zero-order valence-corrected chi connectivity index (χ0v) is 17.8. The van der Waals surface area contributed by atoms with Gasteiger partial charge in [-0.05, 0) is 56.2 Å². The normalized spacial score (nSPS) is 11.1. The Morgan fingerprint density at radius 1 is 1.17 bits per heavy atom. The van der Waals surface area contributed by atoms with Crippen LogP contribution in [0.5, 0.6) is 5.75 Å². The number of hydrogen-bond acceptors (Lipinski definition) is 4. The highest BCUT2D eigenvalue weighted by molar-refractivity contribution is 6.32. The molecule has 0 saturated heterocycles. The van der Waals surface area contributed by atoms with Gasteiger partial charge < -0.3 is 4.74 Å². The van der Waals surface area contributed by atoms with E-state index in [-0.39, 0.29) is 6.61 Å². The van der Waals surface area contributed by atoms with Gasteiger partial charge in [-0.3, -0.25) is 4.79 Å². The number of aryl methyl sites for hydroxylation is 3. The standard InChI is InChI=1S/C21H20Cl2N4O2/c1-13-9-17(10-14(2)20(13)22)29-12-19(28)25-24-11-18-15(3)26-27(21(18)23)16-7-5-4-6-8-16/h4-11H,12H2,1-3H3,(H,25,28). The number of nitrogens with one attached hydrogen (secondary N) is 1. The molecular weight excluding hydrogens is 411 g/mol. The van der Waals surface area contributed by atoms with E-state index in [0.29, 0.717) is 27.2 Å². The molecular formula is C21H20Cl2N4O2. The lowest BCUT2D eigenvalue weighted by Crippen LogP contribution is -2.24. The number of hydrazone groups is 1. The van der Waals surface area contributed by atoms with E-state index in [9.17, 15) is 4.79 Å². The molecule has 0 radical (unpaired) electrons. The van der Waals surface area contributed by atoms with E-state index in [2.05, 4.69) is 15.6 Å². The Morgan fingerprint density at radius 3 is 2.48 bits per heavy atom. The van der Waals surface area contributed by atoms with Crippen molar-refractivity contribution >= 4 is 35.3 Å². The summed E-state index contributed by atoms with van der Waals surface area (Å²) in [5, 5.41) is 9.49. The smallest absolute Gasteiger partial charge is 0.277 e. The molecule has 8 heteroatoms. The molecule has 0 aliphatic heterocycles. The molecule has 1 N–H and O–H groups in total. The Labute approximate surface area is 179 Å². The van der Waals surface area contributed by atoms with E-state index in [0.717, 1.165) is 16.8 Å². The number of ether oxygens (including phenoxy) is 1. The molecule has 0 aliphatic carbocycles. The molecule has 2 aromatic carbocycles. The first-order valence-corrected chi connectivity index (χ1v) is 9.64. The zero-order valence-electron chi connectivity index (χ0n) is 16.2. The number of carbonyl (C=O) groups is 1. The summed E-state index contributed by atoms with van der Waals surface area (Å²) in [6.45, 7) is 5.42. The largest absolute Gasteiger partial charge is 0.484 e. The molecule has 0 spiro atoms. The lowest BCUT2D eigenvalue weighted by Gasteiger charge is -2.09. The van der Waals surface area contributed by atoms with Crippen molar-refractivity contribution in [1.29, 1.82) is 0 Å². The summed E-state index contributed by atoms with van der Waals surface area (Å²) < 4.78 is 7.13. The van der Waals surface area contributed by atoms with Crippen molar-refractivity contribution in [2.24, 2.45) is 5.10 Å². The molecule has 1 amide bonds. The van der Waals surface area contributed by atoms with Crippen LogP contribution in [-0.2, 0) is 4.79 Å². The van der Waals surface area contributed by atoms with Crippen LogP contribution >= 0.6 is 23.2 Å². The number of carbonyl (C=O) groups excluding carboxylic acids is 1. The third-order valence-corrected chi connectivity index (χ3v) is 5.17. The first kappa shape index (κ1) is 20.9. The van der Waals surface area contributed by atoms with Crippen LogP contribution in [0.2, 0.25) is 10.2 Å². The Hall–Kier alpha value is -2.83. The molecule has 0 saturated carbocycles. The second-order valence-electron chi connectivity index (χ2n) is 6.49. The van der Waals surface area contributed by atoms with Gasteiger partial charge in [0.25, 0.3) is 5.91 Å². The molecule has 3 aromatic rings. The summed E-state index contributed by atoms with van der Waals surface area (Å²) in [4.78, 5) is 12.0. The highest BCUT2D eigenvalue weighted by atomic mass is 35.5. The third-order valence-electron chi connectivity index (χ3n) is 4.21. The molecule has 6 nitrogen and oxygen atoms in total. The first-order valence-electron chi connectivity index (χ1n) is 8.89. The van der Waals surface area contributed by atoms with Crippen LogP contribution in [0, 0.1) is 20.8 Å². The Kier molecular flexibility index (Phi) is 6.56. The zero-order chi connectivity index (χ0) is 21.0. The third kappa shape index (κ3) is 4.96. The lowest BCUT2D eigenvalue weighted by molar-refractivity contribution is -0.123. The van der Waals surface area contributed by atoms with Crippen molar-refractivity contribution in [3.8, 4) is 11.4 Å². The average Bonchev–Trinajstić information content (AvgIpc) is 2.99. The molecule has 150 valence electrons. The lowest BCUT2D eigenvalue weighted by atomic mass is 10.1. The summed E-state index contributed by atoms with van der Waals surface area (Å²) in [5.74, 6) is 0.183. The molecule has 29 heavy (non-hydrogen) atoms. The van der Waals surface area contributed by atoms with Crippen LogP contribution in [0.1, 0.15) is 22.4 Å². The molecule has 1 heterocycles. The highest BCUT2D eigenvalue weighted by Crippen LogP contribution is 2.26. The molecule has 0 aliphatic rings. The van der Waals surface area contributed by atoms with Gasteiger partial charge in [-0.15, -0.1) is 0 Å². The van der Waals surface area contributed by atoms with Gasteiger partial charge in [0.2, 0.25) is 0 Å². The average molecular weight is 431 g/mol. The number of amides is 1. The van der Waals surface area contributed by atoms with Crippen molar-refractivity contribution in [1.82, 2.24) is 15.2 Å². The number of hydrogen-bond donors (Lipinski definition) is 1. The van der Waals surface area contributed by atoms with Crippen molar-refractivity contribution in [2.45, 2.75) is 20.8 Å². The fourth-order valence-electron chi connectivity index (χ4n) is 2.74. The van der Waals surface area contributed by atoms with Crippen LogP contribution in [0.15, 0.2) is 47.6 Å². The minimum absolute atomic E-state index is 0.173. The van der Waals surface area contributed by atoms with Crippen molar-refractivity contribution in [3.05, 3.63) is 75.0 Å². The molecule has 0 atom stereocenters. The summed E-state index contributed by atoms with van der Waals surface area (Å²) in [6, 6.07) is 13.1. The van der Waals surface area contributed by atoms with Crippen LogP contribution in [-0.4, -0.2) is 28.5 Å². The molecule has 1 aromatic heterocycles. The number of benzene rings is 2. The topological polar surface area (TPSA) is 68.5 Å². The summed E-state index contributed by atoms with van der Waals surface area (Å²) >= 11 is 12.6. The number of aromatic nitrogens is 2. The van der Waals surface area contributed by atoms with Crippen molar-refractivity contribution in [3.63, 3.8) is 0 Å². The van der Waals surface area contributed by atoms with E-state index in [1.165, 1.54) is 6.21 Å². The molecule has 0 fully saturated rings. The number of rotatable bonds is 6. The van der Waals surface area contributed by atoms with E-state index >= 15 is 0 Å². The fourth-order valence-corrected chi connectivity index (χ4v) is 3.17. The quantitative estimate of drug-likeness (QED) is 0.457. The Bertz CT molecular complexity index is 1040. The second-order valence-corrected chi connectivity index (χ2v) is 7.23. The fraction of sp³-hybridized carbons (Fsp3) is 0.190. The Balaban J connectivity index is 1.61. The number of nitrogens with zero attached hydrogens (tertiary/aromatic N) is 3. The van der Waals surface area contributed by atoms with Gasteiger partial charge in [-0.2, -0.15) is 10.2 Å². The number of para-hydroxylation sites is 1. The predicted molar refractivity (Wildman–Crippen MR) is 115 cm³/mol. The van der Waals surface area contributed by atoms with Gasteiger partial charge in [-0.25, -0.2) is 10.1 Å². The van der Waals surface area contributed by atoms with Crippen molar-refractivity contribution < 1.29 is 9.53 Å². The van der Waals surface area contributed by atoms with Gasteiger partial charge in [0.15, 0.2) is 6.61 Å². The van der Waals surface area contributed by atoms with Gasteiger partial charge in [-0.1, -0.05) is 41.4 Å². The highest BCUT2D eigenvalue weighted by Gasteiger charge is 2.13. The predicted octanol–water partition coefficient (Wildman–Crippen LogP) is 4.63. The van der Waals surface area contributed by atoms with E-state index < -0.39 is 5.91 Å². The summed E-state index contributed by atoms with van der Waals surface area (Å²) in [7, 11) is 0. The maximum atomic E-state index is 12.0. The SMILES string of the molecule is Cc1cc(OCC(=O)NN=Cc2c(C)nn(-c3ccccc3)c2Cl)cc(C)c1Cl. The summed E-state index contributed by atoms with van der Waals surface area (Å²) in [5.41, 5.74) is 6.37. The monoisotopic (exact) mass is 430 g/mol. The molecule has 0 unspecified atom stereocenters. The van der Waals surface area contributed by atoms with Crippen LogP contribution in [0.4, 0.5) is 0 Å². The maximum Gasteiger partial charge on any atom is 0.277 e. The molecule has 3 rings (SSSR count). The van der Waals surface area contributed by atoms with Crippen LogP contribution in [0.3, 0.4) is 0 Å². The van der Waals surface area contributed by atoms with Gasteiger partial charge >= 0.3 is 0 Å². The first-order chi connectivity index (χ1) is 13.9. The maximum absolute atomic E-state index is 12.0. The summed E-state index contributed by atoms with van der Waals surface area (Å²) in [6.07, 6.45) is 1.47. The minimum atomic E-state index is -0.393. The van der Waals surface area contributed by atoms with Gasteiger partial charge in [0.05, 0.1) is 23.2 Å². The van der Waals surface area contributed by atoms with E-state index in [1.807, 2.05) is 51.1 Å². The minimum Gasteiger partial charge on any atom is -0.484 e.